The average molecular weight is 432 g/mol. The van der Waals surface area contributed by atoms with Gasteiger partial charge in [-0.15, -0.1) is 0 Å². The predicted molar refractivity (Wildman–Crippen MR) is 99.9 cm³/mol. The number of nitriles is 2. The van der Waals surface area contributed by atoms with Crippen molar-refractivity contribution < 1.29 is 14.3 Å². The van der Waals surface area contributed by atoms with Crippen LogP contribution in [0.2, 0.25) is 0 Å². The van der Waals surface area contributed by atoms with Gasteiger partial charge in [-0.3, -0.25) is 9.59 Å². The molecule has 1 heterocycles. The van der Waals surface area contributed by atoms with Crippen LogP contribution in [0.5, 0.6) is 11.5 Å². The predicted octanol–water partition coefficient (Wildman–Crippen LogP) is 1.39. The number of hydrogen-bond acceptors (Lipinski definition) is 7. The van der Waals surface area contributed by atoms with E-state index in [0.717, 1.165) is 0 Å². The number of pyridine rings is 1. The van der Waals surface area contributed by atoms with E-state index in [0.29, 0.717) is 10.0 Å². The minimum absolute atomic E-state index is 0.0555. The van der Waals surface area contributed by atoms with Crippen molar-refractivity contribution in [1.29, 1.82) is 10.5 Å². The van der Waals surface area contributed by atoms with Crippen molar-refractivity contribution in [3.05, 3.63) is 38.1 Å². The van der Waals surface area contributed by atoms with Crippen LogP contribution in [0.25, 0.3) is 11.1 Å². The van der Waals surface area contributed by atoms with Gasteiger partial charge in [0, 0.05) is 15.6 Å². The van der Waals surface area contributed by atoms with Crippen molar-refractivity contribution >= 4 is 27.7 Å². The molecule has 0 aliphatic rings. The Hall–Kier alpha value is -3.50. The quantitative estimate of drug-likeness (QED) is 0.620. The monoisotopic (exact) mass is 431 g/mol. The van der Waals surface area contributed by atoms with E-state index in [1.165, 1.54) is 12.1 Å². The van der Waals surface area contributed by atoms with Crippen LogP contribution in [0.15, 0.2) is 21.4 Å². The van der Waals surface area contributed by atoms with E-state index in [1.807, 2.05) is 6.07 Å². The van der Waals surface area contributed by atoms with Gasteiger partial charge in [0.25, 0.3) is 11.5 Å². The molecule has 0 atom stereocenters. The maximum absolute atomic E-state index is 12.1. The molecule has 0 spiro atoms. The second-order valence-corrected chi connectivity index (χ2v) is 6.04. The van der Waals surface area contributed by atoms with Crippen LogP contribution in [0, 0.1) is 22.7 Å². The van der Waals surface area contributed by atoms with E-state index in [1.54, 1.807) is 13.0 Å². The first kappa shape index (κ1) is 19.8. The minimum Gasteiger partial charge on any atom is -0.490 e. The molecule has 0 radical (unpaired) electrons. The first-order chi connectivity index (χ1) is 12.8. The molecule has 2 aromatic rings. The number of halogens is 1. The summed E-state index contributed by atoms with van der Waals surface area (Å²) < 4.78 is 11.2. The van der Waals surface area contributed by atoms with Crippen LogP contribution in [-0.4, -0.2) is 24.1 Å². The van der Waals surface area contributed by atoms with Gasteiger partial charge in [0.05, 0.1) is 6.61 Å². The Morgan fingerprint density at radius 2 is 1.85 bits per heavy atom. The van der Waals surface area contributed by atoms with Gasteiger partial charge in [-0.05, 0) is 19.1 Å². The fourth-order valence-corrected chi connectivity index (χ4v) is 2.89. The van der Waals surface area contributed by atoms with Gasteiger partial charge < -0.3 is 25.9 Å². The number of hydrogen-bond donors (Lipinski definition) is 3. The summed E-state index contributed by atoms with van der Waals surface area (Å²) in [5.74, 6) is -0.362. The zero-order valence-corrected chi connectivity index (χ0v) is 15.7. The Morgan fingerprint density at radius 3 is 2.41 bits per heavy atom. The van der Waals surface area contributed by atoms with Gasteiger partial charge in [0.15, 0.2) is 18.1 Å². The Bertz CT molecular complexity index is 1050. The number of ether oxygens (including phenoxy) is 2. The van der Waals surface area contributed by atoms with E-state index >= 15 is 0 Å². The number of amides is 1. The summed E-state index contributed by atoms with van der Waals surface area (Å²) in [6.45, 7) is 1.66. The molecule has 1 aromatic heterocycles. The molecule has 1 aromatic carbocycles. The van der Waals surface area contributed by atoms with Gasteiger partial charge in [0.1, 0.15) is 29.1 Å². The number of nitrogens with two attached hydrogens (primary N) is 2. The first-order valence-corrected chi connectivity index (χ1v) is 8.37. The van der Waals surface area contributed by atoms with Gasteiger partial charge in [-0.1, -0.05) is 15.9 Å². The van der Waals surface area contributed by atoms with Crippen molar-refractivity contribution in [1.82, 2.24) is 4.98 Å². The molecule has 0 unspecified atom stereocenters. The average Bonchev–Trinajstić information content (AvgIpc) is 2.61. The number of anilines is 1. The van der Waals surface area contributed by atoms with Crippen LogP contribution < -0.4 is 26.5 Å². The van der Waals surface area contributed by atoms with Gasteiger partial charge in [-0.25, -0.2) is 0 Å². The van der Waals surface area contributed by atoms with E-state index in [-0.39, 0.29) is 47.2 Å². The number of aromatic amines is 1. The first-order valence-electron chi connectivity index (χ1n) is 7.57. The van der Waals surface area contributed by atoms with Crippen molar-refractivity contribution in [2.24, 2.45) is 5.73 Å². The molecule has 0 aliphatic carbocycles. The lowest BCUT2D eigenvalue weighted by atomic mass is 9.96. The normalized spacial score (nSPS) is 9.93. The number of rotatable bonds is 6. The van der Waals surface area contributed by atoms with Gasteiger partial charge in [-0.2, -0.15) is 10.5 Å². The molecular formula is C17H14BrN5O4. The van der Waals surface area contributed by atoms with Crippen LogP contribution in [-0.2, 0) is 4.79 Å². The summed E-state index contributed by atoms with van der Waals surface area (Å²) in [7, 11) is 0. The Kier molecular flexibility index (Phi) is 6.06. The van der Waals surface area contributed by atoms with E-state index < -0.39 is 11.5 Å². The minimum atomic E-state index is -0.720. The van der Waals surface area contributed by atoms with Crippen LogP contribution in [0.4, 0.5) is 5.82 Å². The highest BCUT2D eigenvalue weighted by Crippen LogP contribution is 2.41. The van der Waals surface area contributed by atoms with E-state index in [2.05, 4.69) is 20.9 Å². The summed E-state index contributed by atoms with van der Waals surface area (Å²) in [5.41, 5.74) is 10.2. The van der Waals surface area contributed by atoms with Crippen LogP contribution in [0.3, 0.4) is 0 Å². The summed E-state index contributed by atoms with van der Waals surface area (Å²) in [6, 6.07) is 6.67. The Balaban J connectivity index is 2.79. The molecule has 9 nitrogen and oxygen atoms in total. The highest BCUT2D eigenvalue weighted by atomic mass is 79.9. The maximum Gasteiger partial charge on any atom is 0.268 e. The summed E-state index contributed by atoms with van der Waals surface area (Å²) in [6.07, 6.45) is 0. The molecule has 0 aliphatic heterocycles. The lowest BCUT2D eigenvalue weighted by Crippen LogP contribution is -2.20. The summed E-state index contributed by atoms with van der Waals surface area (Å²) in [5, 5.41) is 18.8. The largest absolute Gasteiger partial charge is 0.490 e. The lowest BCUT2D eigenvalue weighted by molar-refractivity contribution is -0.119. The standard InChI is InChI=1S/C17H14BrN5O4/c1-2-26-12-3-8(11(18)4-13(12)27-7-14(21)24)15-9(5-19)16(22)23-17(25)10(15)6-20/h3-4H,2,7H2,1H3,(H2,21,24)(H3,22,23,25). The molecule has 0 saturated heterocycles. The van der Waals surface area contributed by atoms with Crippen molar-refractivity contribution in [3.63, 3.8) is 0 Å². The third-order valence-corrected chi connectivity index (χ3v) is 4.10. The number of H-pyrrole nitrogens is 1. The maximum atomic E-state index is 12.1. The highest BCUT2D eigenvalue weighted by Gasteiger charge is 2.22. The number of carbonyl (C=O) groups is 1. The number of nitrogen functional groups attached to an aromatic ring is 1. The molecule has 138 valence electrons. The van der Waals surface area contributed by atoms with Gasteiger partial charge >= 0.3 is 0 Å². The molecule has 5 N–H and O–H groups in total. The molecule has 10 heteroatoms. The second kappa shape index (κ2) is 8.25. The molecule has 0 fully saturated rings. The van der Waals surface area contributed by atoms with E-state index in [9.17, 15) is 20.1 Å². The van der Waals surface area contributed by atoms with Crippen LogP contribution >= 0.6 is 15.9 Å². The molecule has 0 saturated carbocycles. The summed E-state index contributed by atoms with van der Waals surface area (Å²) >= 11 is 3.33. The van der Waals surface area contributed by atoms with Crippen molar-refractivity contribution in [2.75, 3.05) is 18.9 Å². The number of carbonyl (C=O) groups excluding carboxylic acids is 1. The Morgan fingerprint density at radius 1 is 1.22 bits per heavy atom. The zero-order chi connectivity index (χ0) is 20.1. The molecule has 2 rings (SSSR count). The number of nitrogens with zero attached hydrogens (tertiary/aromatic N) is 2. The summed E-state index contributed by atoms with van der Waals surface area (Å²) in [4.78, 5) is 25.4. The molecule has 27 heavy (non-hydrogen) atoms. The topological polar surface area (TPSA) is 168 Å². The SMILES string of the molecule is CCOc1cc(-c2c(C#N)c(N)[nH]c(=O)c2C#N)c(Br)cc1OCC(N)=O. The zero-order valence-electron chi connectivity index (χ0n) is 14.1. The third kappa shape index (κ3) is 4.02. The number of aromatic nitrogens is 1. The number of benzene rings is 1. The fraction of sp³-hybridized carbons (Fsp3) is 0.176. The number of nitrogens with one attached hydrogen (secondary N) is 1. The molecule has 0 bridgehead atoms. The van der Waals surface area contributed by atoms with E-state index in [4.69, 9.17) is 20.9 Å². The lowest BCUT2D eigenvalue weighted by Gasteiger charge is -2.16. The fourth-order valence-electron chi connectivity index (χ4n) is 2.37. The van der Waals surface area contributed by atoms with Crippen molar-refractivity contribution in [2.45, 2.75) is 6.92 Å². The molecular weight excluding hydrogens is 418 g/mol. The third-order valence-electron chi connectivity index (χ3n) is 3.44. The second-order valence-electron chi connectivity index (χ2n) is 5.18. The Labute approximate surface area is 162 Å². The highest BCUT2D eigenvalue weighted by molar-refractivity contribution is 9.10. The smallest absolute Gasteiger partial charge is 0.268 e. The van der Waals surface area contributed by atoms with Crippen LogP contribution in [0.1, 0.15) is 18.1 Å². The van der Waals surface area contributed by atoms with Crippen molar-refractivity contribution in [3.8, 4) is 34.8 Å². The van der Waals surface area contributed by atoms with Gasteiger partial charge in [0.2, 0.25) is 0 Å². The number of primary amides is 1. The molecule has 1 amide bonds.